The van der Waals surface area contributed by atoms with Crippen molar-refractivity contribution in [2.75, 3.05) is 5.43 Å². The van der Waals surface area contributed by atoms with Crippen molar-refractivity contribution in [1.29, 1.82) is 0 Å². The standard InChI is InChI=1S/C8H9N7O3/c1-6(8(16)12-13-4-9-10-5-13)14-3-7(2-11-14)15(17)18/h2-6H,1H3,(H,12,16)/t6-/m1/s1. The van der Waals surface area contributed by atoms with Crippen molar-refractivity contribution in [3.63, 3.8) is 0 Å². The minimum atomic E-state index is -0.693. The highest BCUT2D eigenvalue weighted by atomic mass is 16.6. The van der Waals surface area contributed by atoms with Gasteiger partial charge >= 0.3 is 5.69 Å². The van der Waals surface area contributed by atoms with E-state index in [9.17, 15) is 14.9 Å². The smallest absolute Gasteiger partial charge is 0.271 e. The van der Waals surface area contributed by atoms with Gasteiger partial charge in [-0.25, -0.2) is 4.68 Å². The predicted molar refractivity (Wildman–Crippen MR) is 58.0 cm³/mol. The number of hydrogen-bond donors (Lipinski definition) is 1. The molecule has 0 saturated carbocycles. The minimum Gasteiger partial charge on any atom is -0.271 e. The zero-order valence-corrected chi connectivity index (χ0v) is 9.29. The molecule has 2 rings (SSSR count). The Morgan fingerprint density at radius 1 is 1.50 bits per heavy atom. The van der Waals surface area contributed by atoms with E-state index in [0.717, 1.165) is 6.20 Å². The first kappa shape index (κ1) is 11.7. The zero-order valence-electron chi connectivity index (χ0n) is 9.29. The molecule has 2 aromatic rings. The van der Waals surface area contributed by atoms with Gasteiger partial charge in [0, 0.05) is 0 Å². The second-order valence-electron chi connectivity index (χ2n) is 3.46. The van der Waals surface area contributed by atoms with Crippen LogP contribution in [-0.4, -0.2) is 35.5 Å². The molecule has 1 N–H and O–H groups in total. The summed E-state index contributed by atoms with van der Waals surface area (Å²) in [6.45, 7) is 1.57. The predicted octanol–water partition coefficient (Wildman–Crippen LogP) is -0.286. The van der Waals surface area contributed by atoms with E-state index >= 15 is 0 Å². The molecule has 0 spiro atoms. The molecule has 2 heterocycles. The number of nitrogens with one attached hydrogen (secondary N) is 1. The molecule has 10 heteroatoms. The van der Waals surface area contributed by atoms with Gasteiger partial charge in [0.05, 0.1) is 4.92 Å². The molecule has 10 nitrogen and oxygen atoms in total. The van der Waals surface area contributed by atoms with Gasteiger partial charge in [-0.05, 0) is 6.92 Å². The number of carbonyl (C=O) groups is 1. The fourth-order valence-corrected chi connectivity index (χ4v) is 1.23. The van der Waals surface area contributed by atoms with Crippen LogP contribution in [0.3, 0.4) is 0 Å². The molecule has 18 heavy (non-hydrogen) atoms. The molecule has 94 valence electrons. The van der Waals surface area contributed by atoms with Crippen LogP contribution < -0.4 is 5.43 Å². The van der Waals surface area contributed by atoms with Gasteiger partial charge in [-0.1, -0.05) is 0 Å². The lowest BCUT2D eigenvalue weighted by atomic mass is 10.3. The van der Waals surface area contributed by atoms with Crippen LogP contribution in [0.4, 0.5) is 5.69 Å². The van der Waals surface area contributed by atoms with Gasteiger partial charge in [-0.15, -0.1) is 10.2 Å². The maximum absolute atomic E-state index is 11.8. The zero-order chi connectivity index (χ0) is 13.1. The van der Waals surface area contributed by atoms with Crippen molar-refractivity contribution in [2.45, 2.75) is 13.0 Å². The monoisotopic (exact) mass is 251 g/mol. The second-order valence-corrected chi connectivity index (χ2v) is 3.46. The SMILES string of the molecule is C[C@H](C(=O)Nn1cnnc1)n1cc([N+](=O)[O-])cn1. The van der Waals surface area contributed by atoms with Gasteiger partial charge in [-0.3, -0.25) is 25.0 Å². The molecule has 0 unspecified atom stereocenters. The first-order valence-corrected chi connectivity index (χ1v) is 4.92. The maximum atomic E-state index is 11.8. The number of nitrogens with zero attached hydrogens (tertiary/aromatic N) is 6. The lowest BCUT2D eigenvalue weighted by Gasteiger charge is -2.11. The van der Waals surface area contributed by atoms with E-state index in [2.05, 4.69) is 20.7 Å². The number of aromatic nitrogens is 5. The largest absolute Gasteiger partial charge is 0.307 e. The highest BCUT2D eigenvalue weighted by molar-refractivity contribution is 5.86. The molecule has 2 aromatic heterocycles. The number of rotatable bonds is 4. The third kappa shape index (κ3) is 2.31. The van der Waals surface area contributed by atoms with Gasteiger partial charge < -0.3 is 0 Å². The summed E-state index contributed by atoms with van der Waals surface area (Å²) >= 11 is 0. The van der Waals surface area contributed by atoms with Gasteiger partial charge in [0.15, 0.2) is 0 Å². The minimum absolute atomic E-state index is 0.168. The number of amides is 1. The van der Waals surface area contributed by atoms with Crippen LogP contribution in [0.15, 0.2) is 25.0 Å². The first-order valence-electron chi connectivity index (χ1n) is 4.92. The summed E-state index contributed by atoms with van der Waals surface area (Å²) in [6.07, 6.45) is 4.91. The lowest BCUT2D eigenvalue weighted by molar-refractivity contribution is -0.385. The molecular weight excluding hydrogens is 242 g/mol. The molecule has 1 atom stereocenters. The summed E-state index contributed by atoms with van der Waals surface area (Å²) in [6, 6.07) is -0.693. The van der Waals surface area contributed by atoms with Gasteiger partial charge in [-0.2, -0.15) is 5.10 Å². The average molecular weight is 251 g/mol. The third-order valence-electron chi connectivity index (χ3n) is 2.23. The Morgan fingerprint density at radius 3 is 2.72 bits per heavy atom. The van der Waals surface area contributed by atoms with Crippen molar-refractivity contribution in [2.24, 2.45) is 0 Å². The van der Waals surface area contributed by atoms with Crippen LogP contribution in [0.1, 0.15) is 13.0 Å². The number of nitro groups is 1. The van der Waals surface area contributed by atoms with Crippen molar-refractivity contribution in [3.8, 4) is 0 Å². The molecule has 0 bridgehead atoms. The van der Waals surface area contributed by atoms with E-state index in [1.165, 1.54) is 28.2 Å². The highest BCUT2D eigenvalue weighted by Gasteiger charge is 2.19. The van der Waals surface area contributed by atoms with Crippen molar-refractivity contribution >= 4 is 11.6 Å². The van der Waals surface area contributed by atoms with Crippen molar-refractivity contribution in [1.82, 2.24) is 24.7 Å². The third-order valence-corrected chi connectivity index (χ3v) is 2.23. The van der Waals surface area contributed by atoms with Crippen LogP contribution in [0, 0.1) is 10.1 Å². The van der Waals surface area contributed by atoms with Crippen molar-refractivity contribution in [3.05, 3.63) is 35.2 Å². The normalized spacial score (nSPS) is 12.1. The Labute approximate surface area is 100 Å². The molecule has 0 aliphatic carbocycles. The fourth-order valence-electron chi connectivity index (χ4n) is 1.23. The van der Waals surface area contributed by atoms with E-state index in [0.29, 0.717) is 0 Å². The van der Waals surface area contributed by atoms with Crippen LogP contribution >= 0.6 is 0 Å². The van der Waals surface area contributed by atoms with E-state index in [1.807, 2.05) is 0 Å². The summed E-state index contributed by atoms with van der Waals surface area (Å²) in [5.74, 6) is -0.396. The average Bonchev–Trinajstić information content (AvgIpc) is 2.98. The number of carbonyl (C=O) groups excluding carboxylic acids is 1. The Kier molecular flexibility index (Phi) is 3.00. The van der Waals surface area contributed by atoms with Crippen LogP contribution in [0.2, 0.25) is 0 Å². The Morgan fingerprint density at radius 2 is 2.17 bits per heavy atom. The molecule has 0 fully saturated rings. The summed E-state index contributed by atoms with van der Waals surface area (Å²) < 4.78 is 2.48. The Balaban J connectivity index is 2.07. The number of hydrogen-bond acceptors (Lipinski definition) is 6. The molecule has 0 aliphatic heterocycles. The molecule has 0 aliphatic rings. The highest BCUT2D eigenvalue weighted by Crippen LogP contribution is 2.12. The quantitative estimate of drug-likeness (QED) is 0.588. The summed E-state index contributed by atoms with van der Waals surface area (Å²) in [7, 11) is 0. The maximum Gasteiger partial charge on any atom is 0.307 e. The van der Waals surface area contributed by atoms with Crippen LogP contribution in [0.25, 0.3) is 0 Å². The lowest BCUT2D eigenvalue weighted by Crippen LogP contribution is -2.29. The molecule has 0 radical (unpaired) electrons. The van der Waals surface area contributed by atoms with Gasteiger partial charge in [0.1, 0.15) is 31.1 Å². The Bertz CT molecular complexity index is 561. The first-order chi connectivity index (χ1) is 8.58. The second kappa shape index (κ2) is 4.61. The van der Waals surface area contributed by atoms with E-state index < -0.39 is 16.9 Å². The summed E-state index contributed by atoms with van der Waals surface area (Å²) in [5.41, 5.74) is 2.31. The fraction of sp³-hybridized carbons (Fsp3) is 0.250. The van der Waals surface area contributed by atoms with Crippen molar-refractivity contribution < 1.29 is 9.72 Å². The summed E-state index contributed by atoms with van der Waals surface area (Å²) in [4.78, 5) is 21.7. The van der Waals surface area contributed by atoms with E-state index in [4.69, 9.17) is 0 Å². The molecule has 0 saturated heterocycles. The van der Waals surface area contributed by atoms with Gasteiger partial charge in [0.25, 0.3) is 5.91 Å². The Hall–Kier alpha value is -2.78. The topological polar surface area (TPSA) is 121 Å². The van der Waals surface area contributed by atoms with Gasteiger partial charge in [0.2, 0.25) is 0 Å². The molecule has 0 aromatic carbocycles. The van der Waals surface area contributed by atoms with E-state index in [1.54, 1.807) is 6.92 Å². The molecule has 1 amide bonds. The molecular formula is C8H9N7O3. The van der Waals surface area contributed by atoms with Crippen LogP contribution in [-0.2, 0) is 4.79 Å². The van der Waals surface area contributed by atoms with E-state index in [-0.39, 0.29) is 5.69 Å². The van der Waals surface area contributed by atoms with Crippen LogP contribution in [0.5, 0.6) is 0 Å². The summed E-state index contributed by atoms with van der Waals surface area (Å²) in [5, 5.41) is 21.3.